The van der Waals surface area contributed by atoms with Gasteiger partial charge in [0.1, 0.15) is 0 Å². The summed E-state index contributed by atoms with van der Waals surface area (Å²) >= 11 is 2.86. The van der Waals surface area contributed by atoms with Gasteiger partial charge in [-0.2, -0.15) is 0 Å². The minimum Gasteiger partial charge on any atom is -0.515 e. The first-order valence-electron chi connectivity index (χ1n) is 5.97. The summed E-state index contributed by atoms with van der Waals surface area (Å²) in [6.45, 7) is 4.08. The fourth-order valence-corrected chi connectivity index (χ4v) is 4.46. The molecule has 0 aromatic carbocycles. The van der Waals surface area contributed by atoms with Gasteiger partial charge in [-0.25, -0.2) is 0 Å². The van der Waals surface area contributed by atoms with Crippen LogP contribution in [0.5, 0.6) is 0 Å². The highest BCUT2D eigenvalue weighted by molar-refractivity contribution is 8.00. The zero-order valence-corrected chi connectivity index (χ0v) is 12.8. The van der Waals surface area contributed by atoms with Crippen LogP contribution in [0.2, 0.25) is 0 Å². The molecule has 0 fully saturated rings. The Morgan fingerprint density at radius 1 is 1.42 bits per heavy atom. The van der Waals surface area contributed by atoms with Crippen LogP contribution in [0, 0.1) is 5.41 Å². The maximum absolute atomic E-state index is 12.3. The van der Waals surface area contributed by atoms with Crippen molar-refractivity contribution in [3.63, 3.8) is 0 Å². The molecule has 0 saturated carbocycles. The first-order chi connectivity index (χ1) is 8.89. The Morgan fingerprint density at radius 3 is 2.68 bits per heavy atom. The SMILES string of the molecule is CSc1sc(C(=O)C=CO)c2c1C(=O)CC(C)(C)C2. The minimum absolute atomic E-state index is 0.112. The number of aliphatic hydroxyl groups excluding tert-OH is 1. The number of carbonyl (C=O) groups is 2. The van der Waals surface area contributed by atoms with E-state index in [9.17, 15) is 9.59 Å². The number of allylic oxidation sites excluding steroid dienone is 1. The summed E-state index contributed by atoms with van der Waals surface area (Å²) in [6.07, 6.45) is 5.06. The molecule has 0 bridgehead atoms. The molecule has 1 aromatic rings. The average Bonchev–Trinajstić information content (AvgIpc) is 2.66. The number of rotatable bonds is 3. The largest absolute Gasteiger partial charge is 0.515 e. The molecule has 0 spiro atoms. The van der Waals surface area contributed by atoms with Crippen molar-refractivity contribution in [1.82, 2.24) is 0 Å². The van der Waals surface area contributed by atoms with Crippen molar-refractivity contribution < 1.29 is 14.7 Å². The second-order valence-electron chi connectivity index (χ2n) is 5.40. The lowest BCUT2D eigenvalue weighted by atomic mass is 9.74. The Morgan fingerprint density at radius 2 is 2.11 bits per heavy atom. The van der Waals surface area contributed by atoms with Gasteiger partial charge in [0, 0.05) is 18.1 Å². The molecule has 1 heterocycles. The number of thiophene rings is 1. The van der Waals surface area contributed by atoms with Crippen LogP contribution in [0.15, 0.2) is 16.5 Å². The summed E-state index contributed by atoms with van der Waals surface area (Å²) in [5.41, 5.74) is 1.48. The molecule has 1 aliphatic carbocycles. The molecule has 2 rings (SSSR count). The summed E-state index contributed by atoms with van der Waals surface area (Å²) in [5, 5.41) is 8.75. The molecule has 102 valence electrons. The number of thioether (sulfide) groups is 1. The minimum atomic E-state index is -0.227. The van der Waals surface area contributed by atoms with Gasteiger partial charge in [0.05, 0.1) is 15.3 Å². The van der Waals surface area contributed by atoms with Gasteiger partial charge in [0.2, 0.25) is 0 Å². The maximum Gasteiger partial charge on any atom is 0.199 e. The molecule has 19 heavy (non-hydrogen) atoms. The number of Topliss-reactive ketones (excluding diaryl/α,β-unsaturated/α-hetero) is 1. The van der Waals surface area contributed by atoms with E-state index in [0.717, 1.165) is 34.1 Å². The van der Waals surface area contributed by atoms with E-state index in [1.54, 1.807) is 0 Å². The molecular formula is C14H16O3S2. The van der Waals surface area contributed by atoms with Gasteiger partial charge >= 0.3 is 0 Å². The standard InChI is InChI=1S/C14H16O3S2/c1-14(2)6-8-11(10(17)7-14)13(18-3)19-12(8)9(16)4-5-15/h4-5,15H,6-7H2,1-3H3. The Labute approximate surface area is 120 Å². The lowest BCUT2D eigenvalue weighted by Crippen LogP contribution is -2.27. The zero-order chi connectivity index (χ0) is 14.2. The monoisotopic (exact) mass is 296 g/mol. The second kappa shape index (κ2) is 5.13. The van der Waals surface area contributed by atoms with Crippen LogP contribution in [0.1, 0.15) is 45.9 Å². The Hall–Kier alpha value is -1.07. The number of carbonyl (C=O) groups excluding carboxylic acids is 2. The average molecular weight is 296 g/mol. The molecule has 1 N–H and O–H groups in total. The second-order valence-corrected chi connectivity index (χ2v) is 7.49. The summed E-state index contributed by atoms with van der Waals surface area (Å²) in [6, 6.07) is 0. The lowest BCUT2D eigenvalue weighted by Gasteiger charge is -2.29. The van der Waals surface area contributed by atoms with Crippen LogP contribution < -0.4 is 0 Å². The number of hydrogen-bond donors (Lipinski definition) is 1. The van der Waals surface area contributed by atoms with Crippen LogP contribution >= 0.6 is 23.1 Å². The molecular weight excluding hydrogens is 280 g/mol. The van der Waals surface area contributed by atoms with Gasteiger partial charge in [-0.05, 0) is 23.7 Å². The van der Waals surface area contributed by atoms with Crippen molar-refractivity contribution in [2.45, 2.75) is 30.9 Å². The van der Waals surface area contributed by atoms with Gasteiger partial charge in [-0.3, -0.25) is 9.59 Å². The highest BCUT2D eigenvalue weighted by Gasteiger charge is 2.36. The van der Waals surface area contributed by atoms with E-state index in [4.69, 9.17) is 5.11 Å². The summed E-state index contributed by atoms with van der Waals surface area (Å²) in [5.74, 6) is -0.103. The van der Waals surface area contributed by atoms with E-state index in [-0.39, 0.29) is 17.0 Å². The fraction of sp³-hybridized carbons (Fsp3) is 0.429. The fourth-order valence-electron chi connectivity index (χ4n) is 2.44. The number of ketones is 2. The van der Waals surface area contributed by atoms with Gasteiger partial charge in [-0.1, -0.05) is 13.8 Å². The van der Waals surface area contributed by atoms with Crippen molar-refractivity contribution in [2.75, 3.05) is 6.26 Å². The normalized spacial score (nSPS) is 17.7. The topological polar surface area (TPSA) is 54.4 Å². The van der Waals surface area contributed by atoms with Crippen molar-refractivity contribution >= 4 is 34.7 Å². The number of fused-ring (bicyclic) bond motifs is 1. The molecule has 0 unspecified atom stereocenters. The van der Waals surface area contributed by atoms with Gasteiger partial charge in [0.25, 0.3) is 0 Å². The van der Waals surface area contributed by atoms with Gasteiger partial charge < -0.3 is 5.11 Å². The lowest BCUT2D eigenvalue weighted by molar-refractivity contribution is 0.0910. The van der Waals surface area contributed by atoms with Crippen molar-refractivity contribution in [1.29, 1.82) is 0 Å². The van der Waals surface area contributed by atoms with Gasteiger partial charge in [-0.15, -0.1) is 23.1 Å². The molecule has 0 aliphatic heterocycles. The van der Waals surface area contributed by atoms with E-state index < -0.39 is 0 Å². The summed E-state index contributed by atoms with van der Waals surface area (Å²) < 4.78 is 0.908. The van der Waals surface area contributed by atoms with Crippen LogP contribution in [0.4, 0.5) is 0 Å². The smallest absolute Gasteiger partial charge is 0.199 e. The predicted molar refractivity (Wildman–Crippen MR) is 78.6 cm³/mol. The molecule has 3 nitrogen and oxygen atoms in total. The predicted octanol–water partition coefficient (Wildman–Crippen LogP) is 3.88. The molecule has 1 aromatic heterocycles. The van der Waals surface area contributed by atoms with E-state index >= 15 is 0 Å². The Balaban J connectivity index is 2.60. The molecule has 5 heteroatoms. The first-order valence-corrected chi connectivity index (χ1v) is 8.01. The van der Waals surface area contributed by atoms with E-state index in [2.05, 4.69) is 0 Å². The van der Waals surface area contributed by atoms with E-state index in [1.165, 1.54) is 23.1 Å². The molecule has 0 radical (unpaired) electrons. The van der Waals surface area contributed by atoms with Crippen LogP contribution in [-0.4, -0.2) is 22.9 Å². The van der Waals surface area contributed by atoms with E-state index in [0.29, 0.717) is 11.3 Å². The zero-order valence-electron chi connectivity index (χ0n) is 11.1. The maximum atomic E-state index is 12.3. The van der Waals surface area contributed by atoms with Crippen LogP contribution in [0.25, 0.3) is 0 Å². The third kappa shape index (κ3) is 2.62. The highest BCUT2D eigenvalue weighted by Crippen LogP contribution is 2.44. The number of hydrogen-bond acceptors (Lipinski definition) is 5. The summed E-state index contributed by atoms with van der Waals surface area (Å²) in [7, 11) is 0. The highest BCUT2D eigenvalue weighted by atomic mass is 32.2. The van der Waals surface area contributed by atoms with Crippen molar-refractivity contribution in [3.8, 4) is 0 Å². The summed E-state index contributed by atoms with van der Waals surface area (Å²) in [4.78, 5) is 24.9. The van der Waals surface area contributed by atoms with E-state index in [1.807, 2.05) is 20.1 Å². The molecule has 1 aliphatic rings. The van der Waals surface area contributed by atoms with Crippen molar-refractivity contribution in [3.05, 3.63) is 28.3 Å². The van der Waals surface area contributed by atoms with Crippen LogP contribution in [0.3, 0.4) is 0 Å². The third-order valence-electron chi connectivity index (χ3n) is 3.18. The van der Waals surface area contributed by atoms with Gasteiger partial charge in [0.15, 0.2) is 11.6 Å². The Kier molecular flexibility index (Phi) is 3.87. The third-order valence-corrected chi connectivity index (χ3v) is 5.55. The molecule has 0 amide bonds. The molecule has 0 saturated heterocycles. The quantitative estimate of drug-likeness (QED) is 0.398. The van der Waals surface area contributed by atoms with Crippen molar-refractivity contribution in [2.24, 2.45) is 5.41 Å². The Bertz CT molecular complexity index is 567. The first kappa shape index (κ1) is 14.3. The number of aliphatic hydroxyl groups is 1. The van der Waals surface area contributed by atoms with Crippen LogP contribution in [-0.2, 0) is 6.42 Å². The molecule has 0 atom stereocenters.